The SMILES string of the molecule is Brc1cc(-c2cccc3c2sc2ccccc23)cc(N(c2ccccc2)c2cccc3ccccc23)c1. The molecule has 0 unspecified atom stereocenters. The Kier molecular flexibility index (Phi) is 5.53. The Hall–Kier alpha value is -3.92. The highest BCUT2D eigenvalue weighted by Crippen LogP contribution is 2.44. The number of rotatable bonds is 4. The summed E-state index contributed by atoms with van der Waals surface area (Å²) in [7, 11) is 0. The standard InChI is InChI=1S/C34H22BrNS/c35-25-20-24(29-16-9-17-31-30-15-6-7-19-33(30)37-34(29)31)21-27(22-25)36(26-12-2-1-3-13-26)32-18-8-11-23-10-4-5-14-28(23)32/h1-22H. The molecule has 0 aliphatic rings. The zero-order valence-corrected chi connectivity index (χ0v) is 22.3. The van der Waals surface area contributed by atoms with Crippen molar-refractivity contribution in [3.63, 3.8) is 0 Å². The minimum absolute atomic E-state index is 1.05. The molecule has 0 atom stereocenters. The van der Waals surface area contributed by atoms with Crippen LogP contribution in [-0.2, 0) is 0 Å². The maximum atomic E-state index is 3.85. The first-order valence-electron chi connectivity index (χ1n) is 12.3. The molecular weight excluding hydrogens is 534 g/mol. The van der Waals surface area contributed by atoms with Gasteiger partial charge in [-0.15, -0.1) is 11.3 Å². The lowest BCUT2D eigenvalue weighted by molar-refractivity contribution is 1.29. The van der Waals surface area contributed by atoms with E-state index in [0.29, 0.717) is 0 Å². The van der Waals surface area contributed by atoms with Crippen molar-refractivity contribution in [2.75, 3.05) is 4.90 Å². The summed E-state index contributed by atoms with van der Waals surface area (Å²) in [5.74, 6) is 0. The van der Waals surface area contributed by atoms with Crippen LogP contribution >= 0.6 is 27.3 Å². The predicted octanol–water partition coefficient (Wildman–Crippen LogP) is 11.1. The molecule has 0 bridgehead atoms. The number of fused-ring (bicyclic) bond motifs is 4. The highest BCUT2D eigenvalue weighted by Gasteiger charge is 2.18. The summed E-state index contributed by atoms with van der Waals surface area (Å²) in [4.78, 5) is 2.36. The van der Waals surface area contributed by atoms with Crippen molar-refractivity contribution in [1.29, 1.82) is 0 Å². The van der Waals surface area contributed by atoms with E-state index in [9.17, 15) is 0 Å². The van der Waals surface area contributed by atoms with Crippen LogP contribution in [0.3, 0.4) is 0 Å². The first-order valence-corrected chi connectivity index (χ1v) is 13.9. The molecule has 0 fully saturated rings. The van der Waals surface area contributed by atoms with E-state index in [1.54, 1.807) is 0 Å². The molecule has 176 valence electrons. The van der Waals surface area contributed by atoms with E-state index in [0.717, 1.165) is 21.5 Å². The maximum Gasteiger partial charge on any atom is 0.0540 e. The molecule has 0 spiro atoms. The first-order chi connectivity index (χ1) is 18.3. The van der Waals surface area contributed by atoms with Crippen LogP contribution in [0.2, 0.25) is 0 Å². The van der Waals surface area contributed by atoms with Crippen LogP contribution in [0.25, 0.3) is 42.1 Å². The second kappa shape index (κ2) is 9.19. The van der Waals surface area contributed by atoms with Crippen LogP contribution in [0.1, 0.15) is 0 Å². The fourth-order valence-electron chi connectivity index (χ4n) is 5.24. The summed E-state index contributed by atoms with van der Waals surface area (Å²) in [6.45, 7) is 0. The van der Waals surface area contributed by atoms with E-state index in [2.05, 4.69) is 154 Å². The van der Waals surface area contributed by atoms with Crippen molar-refractivity contribution in [3.05, 3.63) is 138 Å². The van der Waals surface area contributed by atoms with Crippen molar-refractivity contribution >= 4 is 75.3 Å². The van der Waals surface area contributed by atoms with Gasteiger partial charge in [-0.25, -0.2) is 0 Å². The van der Waals surface area contributed by atoms with Crippen LogP contribution in [0.15, 0.2) is 138 Å². The molecular formula is C34H22BrNS. The van der Waals surface area contributed by atoms with Crippen molar-refractivity contribution in [2.45, 2.75) is 0 Å². The quantitative estimate of drug-likeness (QED) is 0.208. The molecule has 1 nitrogen and oxygen atoms in total. The molecule has 0 saturated carbocycles. The Morgan fingerprint density at radius 3 is 2.14 bits per heavy atom. The normalized spacial score (nSPS) is 11.4. The number of para-hydroxylation sites is 1. The number of anilines is 3. The van der Waals surface area contributed by atoms with Crippen LogP contribution < -0.4 is 4.90 Å². The molecule has 6 aromatic carbocycles. The third-order valence-electron chi connectivity index (χ3n) is 6.88. The number of benzene rings is 6. The van der Waals surface area contributed by atoms with Crippen molar-refractivity contribution < 1.29 is 0 Å². The zero-order valence-electron chi connectivity index (χ0n) is 19.9. The Morgan fingerprint density at radius 2 is 1.24 bits per heavy atom. The molecule has 7 aromatic rings. The minimum atomic E-state index is 1.05. The number of hydrogen-bond acceptors (Lipinski definition) is 2. The third kappa shape index (κ3) is 3.92. The molecule has 1 heterocycles. The van der Waals surface area contributed by atoms with Crippen molar-refractivity contribution in [2.24, 2.45) is 0 Å². The first kappa shape index (κ1) is 22.3. The topological polar surface area (TPSA) is 3.24 Å². The van der Waals surface area contributed by atoms with Crippen molar-refractivity contribution in [1.82, 2.24) is 0 Å². The molecule has 7 rings (SSSR count). The van der Waals surface area contributed by atoms with Crippen molar-refractivity contribution in [3.8, 4) is 11.1 Å². The van der Waals surface area contributed by atoms with Crippen LogP contribution in [0.5, 0.6) is 0 Å². The van der Waals surface area contributed by atoms with Crippen LogP contribution in [-0.4, -0.2) is 0 Å². The molecule has 0 aliphatic heterocycles. The summed E-state index contributed by atoms with van der Waals surface area (Å²) in [5, 5.41) is 5.09. The molecule has 0 N–H and O–H groups in total. The molecule has 0 aliphatic carbocycles. The van der Waals surface area contributed by atoms with Gasteiger partial charge in [-0.2, -0.15) is 0 Å². The lowest BCUT2D eigenvalue weighted by Crippen LogP contribution is -2.10. The number of hydrogen-bond donors (Lipinski definition) is 0. The van der Waals surface area contributed by atoms with Gasteiger partial charge in [-0.05, 0) is 59.0 Å². The van der Waals surface area contributed by atoms with E-state index < -0.39 is 0 Å². The monoisotopic (exact) mass is 555 g/mol. The molecule has 37 heavy (non-hydrogen) atoms. The third-order valence-corrected chi connectivity index (χ3v) is 8.56. The van der Waals surface area contributed by atoms with Gasteiger partial charge in [-0.3, -0.25) is 0 Å². The van der Waals surface area contributed by atoms with Gasteiger partial charge in [0.25, 0.3) is 0 Å². The number of thiophene rings is 1. The van der Waals surface area contributed by atoms with Crippen LogP contribution in [0, 0.1) is 0 Å². The highest BCUT2D eigenvalue weighted by atomic mass is 79.9. The maximum absolute atomic E-state index is 3.85. The Balaban J connectivity index is 1.48. The van der Waals surface area contributed by atoms with Gasteiger partial charge >= 0.3 is 0 Å². The smallest absolute Gasteiger partial charge is 0.0540 e. The second-order valence-electron chi connectivity index (χ2n) is 9.15. The van der Waals surface area contributed by atoms with Gasteiger partial charge in [0.15, 0.2) is 0 Å². The minimum Gasteiger partial charge on any atom is -0.310 e. The summed E-state index contributed by atoms with van der Waals surface area (Å²) in [5.41, 5.74) is 5.86. The fourth-order valence-corrected chi connectivity index (χ4v) is 6.96. The Labute approximate surface area is 228 Å². The lowest BCUT2D eigenvalue weighted by Gasteiger charge is -2.27. The molecule has 0 amide bonds. The average molecular weight is 557 g/mol. The molecule has 3 heteroatoms. The zero-order chi connectivity index (χ0) is 24.8. The Bertz CT molecular complexity index is 1900. The van der Waals surface area contributed by atoms with Gasteiger partial charge in [0.1, 0.15) is 0 Å². The number of nitrogens with zero attached hydrogens (tertiary/aromatic N) is 1. The van der Waals surface area contributed by atoms with E-state index in [1.165, 1.54) is 42.1 Å². The predicted molar refractivity (Wildman–Crippen MR) is 165 cm³/mol. The van der Waals surface area contributed by atoms with Crippen LogP contribution in [0.4, 0.5) is 17.1 Å². The summed E-state index contributed by atoms with van der Waals surface area (Å²) >= 11 is 5.72. The van der Waals surface area contributed by atoms with Gasteiger partial charge < -0.3 is 4.90 Å². The highest BCUT2D eigenvalue weighted by molar-refractivity contribution is 9.10. The van der Waals surface area contributed by atoms with E-state index in [-0.39, 0.29) is 0 Å². The van der Waals surface area contributed by atoms with Gasteiger partial charge in [-0.1, -0.05) is 107 Å². The van der Waals surface area contributed by atoms with E-state index >= 15 is 0 Å². The summed E-state index contributed by atoms with van der Waals surface area (Å²) in [6.07, 6.45) is 0. The fraction of sp³-hybridized carbons (Fsp3) is 0. The van der Waals surface area contributed by atoms with Gasteiger partial charge in [0.2, 0.25) is 0 Å². The number of halogens is 1. The van der Waals surface area contributed by atoms with Gasteiger partial charge in [0.05, 0.1) is 5.69 Å². The molecule has 0 radical (unpaired) electrons. The van der Waals surface area contributed by atoms with Gasteiger partial charge in [0, 0.05) is 41.4 Å². The molecule has 0 saturated heterocycles. The molecule has 1 aromatic heterocycles. The van der Waals surface area contributed by atoms with E-state index in [4.69, 9.17) is 0 Å². The van der Waals surface area contributed by atoms with E-state index in [1.807, 2.05) is 11.3 Å². The summed E-state index contributed by atoms with van der Waals surface area (Å²) in [6, 6.07) is 47.9. The average Bonchev–Trinajstić information content (AvgIpc) is 3.33. The summed E-state index contributed by atoms with van der Waals surface area (Å²) < 4.78 is 3.70. The lowest BCUT2D eigenvalue weighted by atomic mass is 10.0. The second-order valence-corrected chi connectivity index (χ2v) is 11.1. The largest absolute Gasteiger partial charge is 0.310 e. The Morgan fingerprint density at radius 1 is 0.541 bits per heavy atom.